The van der Waals surface area contributed by atoms with Crippen LogP contribution in [0.15, 0.2) is 6.20 Å². The summed E-state index contributed by atoms with van der Waals surface area (Å²) in [6, 6.07) is 0. The molecule has 1 aromatic rings. The van der Waals surface area contributed by atoms with Crippen molar-refractivity contribution >= 4 is 23.9 Å². The smallest absolute Gasteiger partial charge is 0.410 e. The number of hydrogen-bond donors (Lipinski definition) is 1. The zero-order valence-electron chi connectivity index (χ0n) is 14.4. The molecule has 0 bridgehead atoms. The summed E-state index contributed by atoms with van der Waals surface area (Å²) in [5, 5.41) is 9.06. The van der Waals surface area contributed by atoms with Gasteiger partial charge in [-0.3, -0.25) is 19.4 Å². The molecule has 1 atom stereocenters. The van der Waals surface area contributed by atoms with Crippen molar-refractivity contribution in [3.63, 3.8) is 0 Å². The van der Waals surface area contributed by atoms with E-state index in [9.17, 15) is 14.4 Å². The average Bonchev–Trinajstić information content (AvgIpc) is 3.08. The number of carbonyl (C=O) groups is 3. The molecular formula is C16H20N4O5. The fourth-order valence-electron chi connectivity index (χ4n) is 2.79. The molecule has 1 N–H and O–H groups in total. The molecule has 9 heteroatoms. The van der Waals surface area contributed by atoms with Crippen LogP contribution in [0.2, 0.25) is 0 Å². The fraction of sp³-hybridized carbons (Fsp3) is 0.562. The van der Waals surface area contributed by atoms with Crippen molar-refractivity contribution in [2.24, 2.45) is 5.92 Å². The lowest BCUT2D eigenvalue weighted by molar-refractivity contribution is -0.141. The number of carbonyl (C=O) groups excluding carboxylic acids is 2. The number of carboxylic acid groups (broad SMARTS) is 1. The summed E-state index contributed by atoms with van der Waals surface area (Å²) in [6.45, 7) is 6.06. The van der Waals surface area contributed by atoms with Crippen LogP contribution < -0.4 is 4.90 Å². The van der Waals surface area contributed by atoms with E-state index < -0.39 is 23.6 Å². The van der Waals surface area contributed by atoms with Gasteiger partial charge in [-0.15, -0.1) is 0 Å². The van der Waals surface area contributed by atoms with Crippen LogP contribution in [0.4, 0.5) is 10.7 Å². The maximum Gasteiger partial charge on any atom is 0.410 e. The van der Waals surface area contributed by atoms with Crippen molar-refractivity contribution < 1.29 is 24.2 Å². The summed E-state index contributed by atoms with van der Waals surface area (Å²) < 4.78 is 5.35. The van der Waals surface area contributed by atoms with E-state index in [2.05, 4.69) is 9.97 Å². The number of rotatable bonds is 2. The van der Waals surface area contributed by atoms with Crippen LogP contribution in [-0.2, 0) is 27.4 Å². The Labute approximate surface area is 144 Å². The van der Waals surface area contributed by atoms with E-state index in [-0.39, 0.29) is 31.4 Å². The molecule has 2 aliphatic heterocycles. The van der Waals surface area contributed by atoms with Gasteiger partial charge < -0.3 is 9.84 Å². The standard InChI is InChI=1S/C16H20N4O5/c1-16(2,3)25-15(24)19-6-10-5-17-14(18-11(10)8-19)20-7-9(13(22)23)4-12(20)21/h5,9H,4,6-8H2,1-3H3,(H,22,23). The topological polar surface area (TPSA) is 113 Å². The zero-order chi connectivity index (χ0) is 18.4. The molecule has 1 saturated heterocycles. The molecule has 3 heterocycles. The van der Waals surface area contributed by atoms with Crippen molar-refractivity contribution in [1.29, 1.82) is 0 Å². The van der Waals surface area contributed by atoms with Crippen molar-refractivity contribution in [2.45, 2.75) is 45.9 Å². The Kier molecular flexibility index (Phi) is 4.09. The summed E-state index contributed by atoms with van der Waals surface area (Å²) in [7, 11) is 0. The van der Waals surface area contributed by atoms with Crippen LogP contribution in [0.5, 0.6) is 0 Å². The Balaban J connectivity index is 1.74. The van der Waals surface area contributed by atoms with Gasteiger partial charge in [0.05, 0.1) is 24.7 Å². The predicted octanol–water partition coefficient (Wildman–Crippen LogP) is 1.16. The summed E-state index contributed by atoms with van der Waals surface area (Å²) in [4.78, 5) is 46.6. The van der Waals surface area contributed by atoms with Crippen molar-refractivity contribution in [2.75, 3.05) is 11.4 Å². The number of anilines is 1. The Hall–Kier alpha value is -2.71. The second kappa shape index (κ2) is 5.98. The van der Waals surface area contributed by atoms with Crippen LogP contribution in [0.1, 0.15) is 38.4 Å². The third-order valence-corrected chi connectivity index (χ3v) is 4.01. The highest BCUT2D eigenvalue weighted by atomic mass is 16.6. The molecule has 1 unspecified atom stereocenters. The number of nitrogens with zero attached hydrogens (tertiary/aromatic N) is 4. The fourth-order valence-corrected chi connectivity index (χ4v) is 2.79. The highest BCUT2D eigenvalue weighted by molar-refractivity contribution is 5.97. The maximum absolute atomic E-state index is 12.2. The second-order valence-corrected chi connectivity index (χ2v) is 7.22. The van der Waals surface area contributed by atoms with E-state index in [1.165, 1.54) is 9.80 Å². The van der Waals surface area contributed by atoms with E-state index in [0.29, 0.717) is 12.2 Å². The minimum Gasteiger partial charge on any atom is -0.481 e. The molecule has 0 saturated carbocycles. The Morgan fingerprint density at radius 2 is 2.04 bits per heavy atom. The van der Waals surface area contributed by atoms with Crippen molar-refractivity contribution in [3.05, 3.63) is 17.5 Å². The molecule has 1 fully saturated rings. The monoisotopic (exact) mass is 348 g/mol. The van der Waals surface area contributed by atoms with Crippen LogP contribution in [0, 0.1) is 5.92 Å². The number of hydrogen-bond acceptors (Lipinski definition) is 6. The van der Waals surface area contributed by atoms with Gasteiger partial charge in [0.1, 0.15) is 5.60 Å². The Bertz CT molecular complexity index is 743. The first-order chi connectivity index (χ1) is 11.6. The third-order valence-electron chi connectivity index (χ3n) is 4.01. The van der Waals surface area contributed by atoms with Crippen LogP contribution >= 0.6 is 0 Å². The molecule has 0 radical (unpaired) electrons. The normalized spacial score (nSPS) is 20.0. The first kappa shape index (κ1) is 17.1. The molecule has 1 aromatic heterocycles. The summed E-state index contributed by atoms with van der Waals surface area (Å²) in [6.07, 6.45) is 1.08. The van der Waals surface area contributed by atoms with Gasteiger partial charge in [-0.1, -0.05) is 0 Å². The number of aromatic nitrogens is 2. The maximum atomic E-state index is 12.2. The van der Waals surface area contributed by atoms with Gasteiger partial charge in [-0.25, -0.2) is 14.8 Å². The van der Waals surface area contributed by atoms with Crippen LogP contribution in [0.3, 0.4) is 0 Å². The highest BCUT2D eigenvalue weighted by Gasteiger charge is 2.37. The lowest BCUT2D eigenvalue weighted by Gasteiger charge is -2.23. The molecule has 3 rings (SSSR count). The number of aliphatic carboxylic acids is 1. The molecule has 0 aromatic carbocycles. The Morgan fingerprint density at radius 3 is 2.64 bits per heavy atom. The van der Waals surface area contributed by atoms with Gasteiger partial charge in [0.2, 0.25) is 11.9 Å². The summed E-state index contributed by atoms with van der Waals surface area (Å²) in [5.74, 6) is -1.89. The number of ether oxygens (including phenoxy) is 1. The number of carboxylic acids is 1. The molecule has 2 amide bonds. The average molecular weight is 348 g/mol. The number of fused-ring (bicyclic) bond motifs is 1. The van der Waals surface area contributed by atoms with E-state index in [1.54, 1.807) is 27.0 Å². The third kappa shape index (κ3) is 3.54. The molecular weight excluding hydrogens is 328 g/mol. The second-order valence-electron chi connectivity index (χ2n) is 7.22. The SMILES string of the molecule is CC(C)(C)OC(=O)N1Cc2cnc(N3CC(C(=O)O)CC3=O)nc2C1. The first-order valence-electron chi connectivity index (χ1n) is 8.00. The lowest BCUT2D eigenvalue weighted by atomic mass is 10.1. The quantitative estimate of drug-likeness (QED) is 0.853. The Morgan fingerprint density at radius 1 is 1.32 bits per heavy atom. The summed E-state index contributed by atoms with van der Waals surface area (Å²) >= 11 is 0. The van der Waals surface area contributed by atoms with E-state index in [0.717, 1.165) is 5.56 Å². The van der Waals surface area contributed by atoms with Crippen molar-refractivity contribution in [1.82, 2.24) is 14.9 Å². The van der Waals surface area contributed by atoms with Gasteiger partial charge >= 0.3 is 12.1 Å². The molecule has 2 aliphatic rings. The van der Waals surface area contributed by atoms with Crippen LogP contribution in [-0.4, -0.2) is 50.1 Å². The number of amides is 2. The highest BCUT2D eigenvalue weighted by Crippen LogP contribution is 2.27. The van der Waals surface area contributed by atoms with E-state index in [4.69, 9.17) is 9.84 Å². The van der Waals surface area contributed by atoms with E-state index >= 15 is 0 Å². The van der Waals surface area contributed by atoms with Gasteiger partial charge in [0, 0.05) is 24.7 Å². The van der Waals surface area contributed by atoms with Crippen LogP contribution in [0.25, 0.3) is 0 Å². The molecule has 25 heavy (non-hydrogen) atoms. The summed E-state index contributed by atoms with van der Waals surface area (Å²) in [5.41, 5.74) is 0.842. The minimum atomic E-state index is -1.01. The van der Waals surface area contributed by atoms with Gasteiger partial charge in [-0.2, -0.15) is 0 Å². The molecule has 134 valence electrons. The zero-order valence-corrected chi connectivity index (χ0v) is 14.4. The van der Waals surface area contributed by atoms with Gasteiger partial charge in [0.15, 0.2) is 0 Å². The predicted molar refractivity (Wildman–Crippen MR) is 85.6 cm³/mol. The van der Waals surface area contributed by atoms with Gasteiger partial charge in [0.25, 0.3) is 0 Å². The van der Waals surface area contributed by atoms with Gasteiger partial charge in [-0.05, 0) is 20.8 Å². The first-order valence-corrected chi connectivity index (χ1v) is 8.00. The molecule has 0 spiro atoms. The molecule has 0 aliphatic carbocycles. The lowest BCUT2D eigenvalue weighted by Crippen LogP contribution is -2.33. The largest absolute Gasteiger partial charge is 0.481 e. The van der Waals surface area contributed by atoms with Crippen molar-refractivity contribution in [3.8, 4) is 0 Å². The molecule has 9 nitrogen and oxygen atoms in total. The minimum absolute atomic E-state index is 0.0557. The van der Waals surface area contributed by atoms with E-state index in [1.807, 2.05) is 0 Å².